The molecule has 2 heterocycles. The first-order valence-corrected chi connectivity index (χ1v) is 8.39. The van der Waals surface area contributed by atoms with Gasteiger partial charge in [0.05, 0.1) is 5.01 Å². The summed E-state index contributed by atoms with van der Waals surface area (Å²) >= 11 is 1.47. The van der Waals surface area contributed by atoms with Gasteiger partial charge in [0.1, 0.15) is 18.1 Å². The van der Waals surface area contributed by atoms with Crippen LogP contribution in [0.3, 0.4) is 0 Å². The maximum atomic E-state index is 12.0. The van der Waals surface area contributed by atoms with Gasteiger partial charge in [-0.05, 0) is 30.7 Å². The van der Waals surface area contributed by atoms with Crippen LogP contribution in [0.1, 0.15) is 26.6 Å². The Labute approximate surface area is 144 Å². The maximum Gasteiger partial charge on any atom is 0.271 e. The molecule has 0 aliphatic heterocycles. The highest BCUT2D eigenvalue weighted by Gasteiger charge is 2.08. The number of amides is 1. The third kappa shape index (κ3) is 4.39. The second-order valence-electron chi connectivity index (χ2n) is 5.23. The van der Waals surface area contributed by atoms with Gasteiger partial charge in [-0.1, -0.05) is 18.2 Å². The van der Waals surface area contributed by atoms with Gasteiger partial charge < -0.3 is 10.1 Å². The molecule has 3 rings (SSSR count). The number of aryl methyl sites for hydroxylation is 1. The van der Waals surface area contributed by atoms with Crippen LogP contribution in [0.5, 0.6) is 5.75 Å². The minimum absolute atomic E-state index is 0.156. The summed E-state index contributed by atoms with van der Waals surface area (Å²) in [7, 11) is 0. The summed E-state index contributed by atoms with van der Waals surface area (Å²) in [5, 5.41) is 5.51. The molecule has 6 heteroatoms. The van der Waals surface area contributed by atoms with Crippen molar-refractivity contribution in [3.8, 4) is 5.75 Å². The highest BCUT2D eigenvalue weighted by Crippen LogP contribution is 2.14. The Bertz CT molecular complexity index is 801. The molecule has 0 spiro atoms. The Morgan fingerprint density at radius 2 is 2.04 bits per heavy atom. The molecule has 24 heavy (non-hydrogen) atoms. The molecular formula is C18H17N3O2S. The van der Waals surface area contributed by atoms with Crippen molar-refractivity contribution in [2.75, 3.05) is 0 Å². The van der Waals surface area contributed by atoms with Gasteiger partial charge in [-0.3, -0.25) is 9.78 Å². The number of ether oxygens (including phenoxy) is 1. The van der Waals surface area contributed by atoms with Crippen LogP contribution in [0.2, 0.25) is 0 Å². The van der Waals surface area contributed by atoms with Gasteiger partial charge in [0.2, 0.25) is 0 Å². The Hall–Kier alpha value is -2.73. The first-order valence-electron chi connectivity index (χ1n) is 7.52. The molecule has 0 saturated carbocycles. The van der Waals surface area contributed by atoms with Crippen LogP contribution in [-0.4, -0.2) is 15.9 Å². The molecule has 0 fully saturated rings. The molecule has 1 amide bonds. The van der Waals surface area contributed by atoms with Crippen LogP contribution >= 0.6 is 11.3 Å². The SMILES string of the molecule is Cc1nc(C(=O)NCc2ccc(OCc3cccnc3)cc2)cs1. The molecule has 1 aromatic carbocycles. The van der Waals surface area contributed by atoms with E-state index >= 15 is 0 Å². The van der Waals surface area contributed by atoms with Crippen LogP contribution in [0, 0.1) is 6.92 Å². The number of carbonyl (C=O) groups excluding carboxylic acids is 1. The van der Waals surface area contributed by atoms with E-state index in [2.05, 4.69) is 15.3 Å². The van der Waals surface area contributed by atoms with Crippen LogP contribution in [0.25, 0.3) is 0 Å². The molecule has 0 atom stereocenters. The van der Waals surface area contributed by atoms with E-state index < -0.39 is 0 Å². The average molecular weight is 339 g/mol. The first-order chi connectivity index (χ1) is 11.7. The molecule has 0 radical (unpaired) electrons. The van der Waals surface area contributed by atoms with Crippen molar-refractivity contribution in [2.24, 2.45) is 0 Å². The average Bonchev–Trinajstić information content (AvgIpc) is 3.06. The Balaban J connectivity index is 1.50. The van der Waals surface area contributed by atoms with E-state index in [4.69, 9.17) is 4.74 Å². The lowest BCUT2D eigenvalue weighted by molar-refractivity contribution is 0.0946. The number of thiazole rings is 1. The number of rotatable bonds is 6. The highest BCUT2D eigenvalue weighted by molar-refractivity contribution is 7.09. The van der Waals surface area contributed by atoms with Crippen molar-refractivity contribution < 1.29 is 9.53 Å². The number of carbonyl (C=O) groups is 1. The highest BCUT2D eigenvalue weighted by atomic mass is 32.1. The minimum Gasteiger partial charge on any atom is -0.489 e. The van der Waals surface area contributed by atoms with Crippen molar-refractivity contribution in [3.05, 3.63) is 76.0 Å². The zero-order valence-electron chi connectivity index (χ0n) is 13.2. The second-order valence-corrected chi connectivity index (χ2v) is 6.29. The van der Waals surface area contributed by atoms with E-state index in [-0.39, 0.29) is 5.91 Å². The van der Waals surface area contributed by atoms with Gasteiger partial charge in [-0.15, -0.1) is 11.3 Å². The van der Waals surface area contributed by atoms with E-state index in [9.17, 15) is 4.79 Å². The predicted octanol–water partition coefficient (Wildman–Crippen LogP) is 3.36. The van der Waals surface area contributed by atoms with Crippen LogP contribution in [-0.2, 0) is 13.2 Å². The number of benzene rings is 1. The molecule has 122 valence electrons. The summed E-state index contributed by atoms with van der Waals surface area (Å²) in [6.07, 6.45) is 3.52. The summed E-state index contributed by atoms with van der Waals surface area (Å²) in [5.74, 6) is 0.625. The fraction of sp³-hybridized carbons (Fsp3) is 0.167. The third-order valence-corrected chi connectivity index (χ3v) is 4.13. The van der Waals surface area contributed by atoms with E-state index in [1.165, 1.54) is 11.3 Å². The number of nitrogens with one attached hydrogen (secondary N) is 1. The lowest BCUT2D eigenvalue weighted by atomic mass is 10.2. The summed E-state index contributed by atoms with van der Waals surface area (Å²) in [6.45, 7) is 2.82. The second kappa shape index (κ2) is 7.70. The van der Waals surface area contributed by atoms with Crippen molar-refractivity contribution in [1.82, 2.24) is 15.3 Å². The Morgan fingerprint density at radius 1 is 1.21 bits per heavy atom. The van der Waals surface area contributed by atoms with Gasteiger partial charge in [-0.25, -0.2) is 4.98 Å². The fourth-order valence-corrected chi connectivity index (χ4v) is 2.69. The smallest absolute Gasteiger partial charge is 0.271 e. The number of hydrogen-bond donors (Lipinski definition) is 1. The molecular weight excluding hydrogens is 322 g/mol. The molecule has 1 N–H and O–H groups in total. The summed E-state index contributed by atoms with van der Waals surface area (Å²) in [5.41, 5.74) is 2.49. The van der Waals surface area contributed by atoms with Gasteiger partial charge in [0.25, 0.3) is 5.91 Å². The molecule has 0 unspecified atom stereocenters. The lowest BCUT2D eigenvalue weighted by Crippen LogP contribution is -2.23. The number of aromatic nitrogens is 2. The molecule has 0 aliphatic carbocycles. The molecule has 0 bridgehead atoms. The Kier molecular flexibility index (Phi) is 5.18. The minimum atomic E-state index is -0.156. The zero-order chi connectivity index (χ0) is 16.8. The number of nitrogens with zero attached hydrogens (tertiary/aromatic N) is 2. The van der Waals surface area contributed by atoms with Crippen molar-refractivity contribution in [3.63, 3.8) is 0 Å². The first kappa shape index (κ1) is 16.1. The monoisotopic (exact) mass is 339 g/mol. The van der Waals surface area contributed by atoms with E-state index in [1.54, 1.807) is 17.8 Å². The van der Waals surface area contributed by atoms with E-state index in [1.807, 2.05) is 43.3 Å². The van der Waals surface area contributed by atoms with Crippen molar-refractivity contribution >= 4 is 17.2 Å². The van der Waals surface area contributed by atoms with Gasteiger partial charge in [0.15, 0.2) is 0 Å². The molecule has 3 aromatic rings. The normalized spacial score (nSPS) is 10.4. The molecule has 2 aromatic heterocycles. The predicted molar refractivity (Wildman–Crippen MR) is 93.0 cm³/mol. The van der Waals surface area contributed by atoms with E-state index in [0.29, 0.717) is 18.8 Å². The molecule has 0 saturated heterocycles. The third-order valence-electron chi connectivity index (χ3n) is 3.36. The van der Waals surface area contributed by atoms with E-state index in [0.717, 1.165) is 21.9 Å². The Morgan fingerprint density at radius 3 is 2.71 bits per heavy atom. The zero-order valence-corrected chi connectivity index (χ0v) is 14.0. The van der Waals surface area contributed by atoms with Gasteiger partial charge in [-0.2, -0.15) is 0 Å². The van der Waals surface area contributed by atoms with Crippen LogP contribution < -0.4 is 10.1 Å². The van der Waals surface area contributed by atoms with Crippen molar-refractivity contribution in [1.29, 1.82) is 0 Å². The van der Waals surface area contributed by atoms with Crippen LogP contribution in [0.4, 0.5) is 0 Å². The van der Waals surface area contributed by atoms with Gasteiger partial charge >= 0.3 is 0 Å². The summed E-state index contributed by atoms with van der Waals surface area (Å²) in [4.78, 5) is 20.2. The summed E-state index contributed by atoms with van der Waals surface area (Å²) < 4.78 is 5.71. The standard InChI is InChI=1S/C18H17N3O2S/c1-13-21-17(12-24-13)18(22)20-10-14-4-6-16(7-5-14)23-11-15-3-2-8-19-9-15/h2-9,12H,10-11H2,1H3,(H,20,22). The lowest BCUT2D eigenvalue weighted by Gasteiger charge is -2.08. The topological polar surface area (TPSA) is 64.1 Å². The van der Waals surface area contributed by atoms with Gasteiger partial charge in [0, 0.05) is 29.9 Å². The molecule has 0 aliphatic rings. The number of pyridine rings is 1. The largest absolute Gasteiger partial charge is 0.489 e. The quantitative estimate of drug-likeness (QED) is 0.748. The van der Waals surface area contributed by atoms with Crippen molar-refractivity contribution in [2.45, 2.75) is 20.1 Å². The number of hydrogen-bond acceptors (Lipinski definition) is 5. The molecule has 5 nitrogen and oxygen atoms in total. The maximum absolute atomic E-state index is 12.0. The summed E-state index contributed by atoms with van der Waals surface area (Å²) in [6, 6.07) is 11.5. The fourth-order valence-electron chi connectivity index (χ4n) is 2.09. The van der Waals surface area contributed by atoms with Crippen LogP contribution in [0.15, 0.2) is 54.2 Å².